The zero-order valence-electron chi connectivity index (χ0n) is 11.6. The molecule has 0 saturated carbocycles. The molecule has 1 aromatic rings. The molecule has 0 aliphatic rings. The van der Waals surface area contributed by atoms with Gasteiger partial charge in [-0.2, -0.15) is 13.2 Å². The zero-order valence-corrected chi connectivity index (χ0v) is 11.6. The molecule has 0 fully saturated rings. The molecule has 0 saturated heterocycles. The van der Waals surface area contributed by atoms with Crippen molar-refractivity contribution in [1.29, 1.82) is 0 Å². The number of alkyl halides is 3. The van der Waals surface area contributed by atoms with Gasteiger partial charge in [0.2, 0.25) is 0 Å². The smallest absolute Gasteiger partial charge is 0.392 e. The Labute approximate surface area is 116 Å². The molecule has 0 atom stereocenters. The molecule has 0 aromatic heterocycles. The molecule has 1 N–H and O–H groups in total. The van der Waals surface area contributed by atoms with Crippen molar-refractivity contribution < 1.29 is 22.3 Å². The molecule has 1 rings (SSSR count). The van der Waals surface area contributed by atoms with Crippen LogP contribution in [0.2, 0.25) is 0 Å². The number of nitrogens with one attached hydrogen (secondary N) is 1. The Morgan fingerprint density at radius 1 is 1.25 bits per heavy atom. The van der Waals surface area contributed by atoms with Gasteiger partial charge in [0.1, 0.15) is 0 Å². The molecule has 6 heteroatoms. The van der Waals surface area contributed by atoms with Gasteiger partial charge in [0.15, 0.2) is 11.6 Å². The maximum absolute atomic E-state index is 13.6. The van der Waals surface area contributed by atoms with Crippen molar-refractivity contribution in [3.8, 4) is 5.75 Å². The average Bonchev–Trinajstić information content (AvgIpc) is 2.30. The lowest BCUT2D eigenvalue weighted by Gasteiger charge is -2.14. The summed E-state index contributed by atoms with van der Waals surface area (Å²) in [4.78, 5) is 0. The highest BCUT2D eigenvalue weighted by Crippen LogP contribution is 2.25. The molecule has 0 aliphatic carbocycles. The fourth-order valence-electron chi connectivity index (χ4n) is 1.62. The van der Waals surface area contributed by atoms with Gasteiger partial charge in [0.05, 0.1) is 13.0 Å². The molecule has 0 spiro atoms. The highest BCUT2D eigenvalue weighted by Gasteiger charge is 2.27. The van der Waals surface area contributed by atoms with E-state index in [1.807, 2.05) is 13.8 Å². The minimum atomic E-state index is -4.30. The van der Waals surface area contributed by atoms with Crippen LogP contribution in [0.3, 0.4) is 0 Å². The minimum absolute atomic E-state index is 0.104. The molecule has 20 heavy (non-hydrogen) atoms. The molecule has 0 aliphatic heterocycles. The number of para-hydroxylation sites is 1. The molecule has 114 valence electrons. The lowest BCUT2D eigenvalue weighted by atomic mass is 10.1. The van der Waals surface area contributed by atoms with Gasteiger partial charge in [-0.3, -0.25) is 0 Å². The van der Waals surface area contributed by atoms with Crippen LogP contribution in [-0.2, 0) is 6.54 Å². The maximum Gasteiger partial charge on any atom is 0.392 e. The van der Waals surface area contributed by atoms with E-state index in [1.54, 1.807) is 6.07 Å². The first kappa shape index (κ1) is 16.8. The summed E-state index contributed by atoms with van der Waals surface area (Å²) in [7, 11) is 0. The predicted octanol–water partition coefficient (Wildman–Crippen LogP) is 3.90. The Morgan fingerprint density at radius 3 is 2.55 bits per heavy atom. The van der Waals surface area contributed by atoms with E-state index in [-0.39, 0.29) is 5.75 Å². The molecule has 0 bridgehead atoms. The third-order valence-electron chi connectivity index (χ3n) is 2.55. The molecule has 0 unspecified atom stereocenters. The van der Waals surface area contributed by atoms with Crippen LogP contribution >= 0.6 is 0 Å². The van der Waals surface area contributed by atoms with Gasteiger partial charge in [0, 0.05) is 12.1 Å². The summed E-state index contributed by atoms with van der Waals surface area (Å²) >= 11 is 0. The normalized spacial score (nSPS) is 11.9. The lowest BCUT2D eigenvalue weighted by molar-refractivity contribution is -0.139. The molecule has 0 radical (unpaired) electrons. The van der Waals surface area contributed by atoms with Gasteiger partial charge in [-0.25, -0.2) is 4.39 Å². The maximum atomic E-state index is 13.6. The highest BCUT2D eigenvalue weighted by atomic mass is 19.4. The summed E-state index contributed by atoms with van der Waals surface area (Å²) in [5.74, 6) is -0.317. The van der Waals surface area contributed by atoms with Crippen LogP contribution in [0.25, 0.3) is 0 Å². The predicted molar refractivity (Wildman–Crippen MR) is 69.1 cm³/mol. The van der Waals surface area contributed by atoms with Crippen molar-refractivity contribution in [1.82, 2.24) is 5.32 Å². The first-order chi connectivity index (χ1) is 9.29. The first-order valence-electron chi connectivity index (χ1n) is 6.47. The van der Waals surface area contributed by atoms with E-state index >= 15 is 0 Å². The van der Waals surface area contributed by atoms with Crippen molar-refractivity contribution in [3.63, 3.8) is 0 Å². The van der Waals surface area contributed by atoms with Crippen molar-refractivity contribution in [2.24, 2.45) is 5.92 Å². The number of ether oxygens (including phenoxy) is 1. The molecule has 1 aromatic carbocycles. The van der Waals surface area contributed by atoms with Crippen molar-refractivity contribution in [2.45, 2.75) is 33.0 Å². The summed E-state index contributed by atoms with van der Waals surface area (Å²) in [5.41, 5.74) is 0.521. The minimum Gasteiger partial charge on any atom is -0.490 e. The van der Waals surface area contributed by atoms with Gasteiger partial charge in [0.25, 0.3) is 0 Å². The number of hydrogen-bond donors (Lipinski definition) is 1. The summed E-state index contributed by atoms with van der Waals surface area (Å²) < 4.78 is 54.8. The molecule has 2 nitrogen and oxygen atoms in total. The summed E-state index contributed by atoms with van der Waals surface area (Å²) in [6.45, 7) is 4.57. The van der Waals surface area contributed by atoms with Crippen LogP contribution in [0.1, 0.15) is 25.8 Å². The van der Waals surface area contributed by atoms with Crippen LogP contribution in [0, 0.1) is 11.7 Å². The molecular formula is C14H19F4NO. The van der Waals surface area contributed by atoms with Crippen molar-refractivity contribution >= 4 is 0 Å². The first-order valence-corrected chi connectivity index (χ1v) is 6.47. The second kappa shape index (κ2) is 7.47. The van der Waals surface area contributed by atoms with Gasteiger partial charge in [-0.05, 0) is 18.5 Å². The molecule has 0 heterocycles. The third-order valence-corrected chi connectivity index (χ3v) is 2.55. The summed E-state index contributed by atoms with van der Waals surface area (Å²) in [6.07, 6.45) is -5.40. The average molecular weight is 293 g/mol. The van der Waals surface area contributed by atoms with E-state index in [4.69, 9.17) is 4.74 Å². The monoisotopic (exact) mass is 293 g/mol. The van der Waals surface area contributed by atoms with E-state index in [9.17, 15) is 17.6 Å². The fourth-order valence-corrected chi connectivity index (χ4v) is 1.62. The second-order valence-electron chi connectivity index (χ2n) is 4.97. The third kappa shape index (κ3) is 6.23. The Morgan fingerprint density at radius 2 is 1.95 bits per heavy atom. The fraction of sp³-hybridized carbons (Fsp3) is 0.571. The number of halogens is 4. The van der Waals surface area contributed by atoms with Crippen LogP contribution in [0.4, 0.5) is 17.6 Å². The highest BCUT2D eigenvalue weighted by molar-refractivity contribution is 5.34. The van der Waals surface area contributed by atoms with E-state index in [2.05, 4.69) is 5.32 Å². The van der Waals surface area contributed by atoms with Gasteiger partial charge < -0.3 is 10.1 Å². The van der Waals surface area contributed by atoms with Crippen molar-refractivity contribution in [3.05, 3.63) is 29.6 Å². The summed E-state index contributed by atoms with van der Waals surface area (Å²) in [5, 5.41) is 3.11. The number of hydrogen-bond acceptors (Lipinski definition) is 2. The SMILES string of the molecule is CC(C)CNCc1cccc(F)c1OCCC(F)(F)F. The van der Waals surface area contributed by atoms with Crippen molar-refractivity contribution in [2.75, 3.05) is 13.2 Å². The van der Waals surface area contributed by atoms with E-state index in [0.717, 1.165) is 6.54 Å². The largest absolute Gasteiger partial charge is 0.490 e. The van der Waals surface area contributed by atoms with Crippen LogP contribution < -0.4 is 10.1 Å². The Bertz CT molecular complexity index is 418. The van der Waals surface area contributed by atoms with E-state index in [1.165, 1.54) is 12.1 Å². The Hall–Kier alpha value is -1.30. The second-order valence-corrected chi connectivity index (χ2v) is 4.97. The van der Waals surface area contributed by atoms with Crippen LogP contribution in [0.5, 0.6) is 5.75 Å². The Balaban J connectivity index is 2.63. The van der Waals surface area contributed by atoms with Gasteiger partial charge in [-0.1, -0.05) is 26.0 Å². The standard InChI is InChI=1S/C14H19F4NO/c1-10(2)8-19-9-11-4-3-5-12(15)13(11)20-7-6-14(16,17)18/h3-5,10,19H,6-9H2,1-2H3. The van der Waals surface area contributed by atoms with Crippen LogP contribution in [0.15, 0.2) is 18.2 Å². The van der Waals surface area contributed by atoms with Crippen LogP contribution in [-0.4, -0.2) is 19.3 Å². The Kier molecular flexibility index (Phi) is 6.26. The van der Waals surface area contributed by atoms with E-state index < -0.39 is 25.0 Å². The number of rotatable bonds is 7. The molecular weight excluding hydrogens is 274 g/mol. The zero-order chi connectivity index (χ0) is 15.2. The summed E-state index contributed by atoms with van der Waals surface area (Å²) in [6, 6.07) is 4.33. The quantitative estimate of drug-likeness (QED) is 0.770. The topological polar surface area (TPSA) is 21.3 Å². The number of benzene rings is 1. The van der Waals surface area contributed by atoms with E-state index in [0.29, 0.717) is 18.0 Å². The van der Waals surface area contributed by atoms with Gasteiger partial charge >= 0.3 is 6.18 Å². The molecule has 0 amide bonds. The lowest BCUT2D eigenvalue weighted by Crippen LogP contribution is -2.20. The van der Waals surface area contributed by atoms with Gasteiger partial charge in [-0.15, -0.1) is 0 Å².